The molecule has 0 aliphatic carbocycles. The lowest BCUT2D eigenvalue weighted by Crippen LogP contribution is -2.38. The van der Waals surface area contributed by atoms with Crippen molar-refractivity contribution in [3.8, 4) is 22.6 Å². The summed E-state index contributed by atoms with van der Waals surface area (Å²) < 4.78 is 65.6. The highest BCUT2D eigenvalue weighted by Gasteiger charge is 2.35. The number of hydrogen-bond acceptors (Lipinski definition) is 3. The van der Waals surface area contributed by atoms with E-state index in [1.165, 1.54) is 31.3 Å². The molecule has 172 valence electrons. The molecule has 3 aromatic rings. The number of rotatable bonds is 5. The van der Waals surface area contributed by atoms with E-state index in [1.54, 1.807) is 29.0 Å². The van der Waals surface area contributed by atoms with Crippen LogP contribution in [0.4, 0.5) is 17.6 Å². The van der Waals surface area contributed by atoms with Gasteiger partial charge in [-0.1, -0.05) is 12.6 Å². The zero-order valence-electron chi connectivity index (χ0n) is 17.9. The van der Waals surface area contributed by atoms with Crippen molar-refractivity contribution >= 4 is 11.6 Å². The van der Waals surface area contributed by atoms with Gasteiger partial charge in [-0.15, -0.1) is 0 Å². The van der Waals surface area contributed by atoms with Crippen LogP contribution in [0.5, 0.6) is 11.5 Å². The topological polar surface area (TPSA) is 43.7 Å². The average molecular weight is 460 g/mol. The summed E-state index contributed by atoms with van der Waals surface area (Å²) in [7, 11) is 3.03. The molecule has 1 aliphatic heterocycles. The van der Waals surface area contributed by atoms with E-state index in [4.69, 9.17) is 9.47 Å². The van der Waals surface area contributed by atoms with Gasteiger partial charge in [0.05, 0.1) is 32.9 Å². The highest BCUT2D eigenvalue weighted by Crippen LogP contribution is 2.37. The van der Waals surface area contributed by atoms with Crippen molar-refractivity contribution in [3.05, 3.63) is 77.9 Å². The molecule has 4 rings (SSSR count). The summed E-state index contributed by atoms with van der Waals surface area (Å²) >= 11 is 0. The van der Waals surface area contributed by atoms with Crippen molar-refractivity contribution in [2.75, 3.05) is 20.8 Å². The fourth-order valence-corrected chi connectivity index (χ4v) is 3.89. The van der Waals surface area contributed by atoms with Gasteiger partial charge < -0.3 is 18.9 Å². The van der Waals surface area contributed by atoms with E-state index in [9.17, 15) is 22.4 Å². The fraction of sp³-hybridized carbons (Fsp3) is 0.208. The monoisotopic (exact) mass is 460 g/mol. The quantitative estimate of drug-likeness (QED) is 0.475. The Kier molecular flexibility index (Phi) is 5.65. The fourth-order valence-electron chi connectivity index (χ4n) is 3.89. The molecular weight excluding hydrogens is 440 g/mol. The van der Waals surface area contributed by atoms with Crippen molar-refractivity contribution in [2.45, 2.75) is 12.7 Å². The van der Waals surface area contributed by atoms with E-state index < -0.39 is 23.5 Å². The first-order chi connectivity index (χ1) is 15.6. The third-order valence-electron chi connectivity index (χ3n) is 5.53. The molecule has 0 fully saturated rings. The highest BCUT2D eigenvalue weighted by molar-refractivity contribution is 6.02. The van der Waals surface area contributed by atoms with Gasteiger partial charge >= 0.3 is 6.18 Å². The van der Waals surface area contributed by atoms with Gasteiger partial charge in [0.25, 0.3) is 5.91 Å². The molecule has 33 heavy (non-hydrogen) atoms. The Morgan fingerprint density at radius 2 is 1.82 bits per heavy atom. The van der Waals surface area contributed by atoms with Crippen LogP contribution in [0.25, 0.3) is 16.8 Å². The first kappa shape index (κ1) is 22.4. The molecule has 0 N–H and O–H groups in total. The van der Waals surface area contributed by atoms with Gasteiger partial charge in [-0.2, -0.15) is 13.2 Å². The number of aromatic nitrogens is 1. The minimum absolute atomic E-state index is 0.0857. The second-order valence-corrected chi connectivity index (χ2v) is 7.55. The molecule has 0 bridgehead atoms. The van der Waals surface area contributed by atoms with E-state index in [0.29, 0.717) is 23.3 Å². The van der Waals surface area contributed by atoms with E-state index >= 15 is 0 Å². The van der Waals surface area contributed by atoms with Crippen molar-refractivity contribution in [2.24, 2.45) is 0 Å². The van der Waals surface area contributed by atoms with Crippen LogP contribution in [-0.4, -0.2) is 36.1 Å². The van der Waals surface area contributed by atoms with Crippen LogP contribution in [0.3, 0.4) is 0 Å². The molecule has 1 aromatic heterocycles. The largest absolute Gasteiger partial charge is 0.497 e. The molecular formula is C24H20F4N2O3. The Morgan fingerprint density at radius 3 is 2.48 bits per heavy atom. The Hall–Kier alpha value is -3.75. The predicted molar refractivity (Wildman–Crippen MR) is 114 cm³/mol. The van der Waals surface area contributed by atoms with E-state index in [0.717, 1.165) is 11.6 Å². The number of nitrogens with zero attached hydrogens (tertiary/aromatic N) is 2. The molecule has 1 aliphatic rings. The second kappa shape index (κ2) is 8.31. The minimum atomic E-state index is -4.86. The summed E-state index contributed by atoms with van der Waals surface area (Å²) in [6.07, 6.45) is -3.28. The van der Waals surface area contributed by atoms with Gasteiger partial charge in [-0.05, 0) is 35.9 Å². The summed E-state index contributed by atoms with van der Waals surface area (Å²) in [6.45, 7) is 4.41. The first-order valence-corrected chi connectivity index (χ1v) is 9.91. The van der Waals surface area contributed by atoms with Gasteiger partial charge in [0.15, 0.2) is 0 Å². The molecule has 0 atom stereocenters. The standard InChI is InChI=1S/C24H20F4N2O3/c1-14-12-29(13-16-4-6-17(32-2)11-21(16)33-3)23(31)22-18(8-9-30(14)22)15-5-7-20(25)19(10-15)24(26,27)28/h4-11H,1,12-13H2,2-3H3. The molecule has 0 spiro atoms. The lowest BCUT2D eigenvalue weighted by atomic mass is 10.0. The number of alkyl halides is 3. The number of ether oxygens (including phenoxy) is 2. The number of hydrogen-bond donors (Lipinski definition) is 0. The van der Waals surface area contributed by atoms with E-state index in [-0.39, 0.29) is 29.9 Å². The molecule has 0 saturated carbocycles. The van der Waals surface area contributed by atoms with Crippen LogP contribution in [0.15, 0.2) is 55.2 Å². The Labute approximate surface area is 187 Å². The van der Waals surface area contributed by atoms with Crippen LogP contribution in [0, 0.1) is 5.82 Å². The maximum Gasteiger partial charge on any atom is 0.419 e. The third kappa shape index (κ3) is 4.06. The predicted octanol–water partition coefficient (Wildman–Crippen LogP) is 5.46. The number of benzene rings is 2. The third-order valence-corrected chi connectivity index (χ3v) is 5.53. The molecule has 1 amide bonds. The summed E-state index contributed by atoms with van der Waals surface area (Å²) in [5, 5.41) is 0. The highest BCUT2D eigenvalue weighted by atomic mass is 19.4. The zero-order valence-corrected chi connectivity index (χ0v) is 17.9. The molecule has 0 radical (unpaired) electrons. The number of carbonyl (C=O) groups excluding carboxylic acids is 1. The number of amides is 1. The number of methoxy groups -OCH3 is 2. The first-order valence-electron chi connectivity index (χ1n) is 9.91. The Bertz CT molecular complexity index is 1250. The van der Waals surface area contributed by atoms with Crippen molar-refractivity contribution in [1.29, 1.82) is 0 Å². The van der Waals surface area contributed by atoms with Crippen LogP contribution in [-0.2, 0) is 12.7 Å². The average Bonchev–Trinajstić information content (AvgIpc) is 3.23. The maximum atomic E-state index is 13.8. The summed E-state index contributed by atoms with van der Waals surface area (Å²) in [5.74, 6) is -0.637. The molecule has 0 unspecified atom stereocenters. The molecule has 2 heterocycles. The van der Waals surface area contributed by atoms with Gasteiger partial charge in [-0.3, -0.25) is 4.79 Å². The van der Waals surface area contributed by atoms with Crippen LogP contribution >= 0.6 is 0 Å². The van der Waals surface area contributed by atoms with Gasteiger partial charge in [0.1, 0.15) is 23.0 Å². The molecule has 0 saturated heterocycles. The van der Waals surface area contributed by atoms with Crippen LogP contribution in [0.2, 0.25) is 0 Å². The summed E-state index contributed by atoms with van der Waals surface area (Å²) in [6, 6.07) is 9.44. The Morgan fingerprint density at radius 1 is 1.06 bits per heavy atom. The van der Waals surface area contributed by atoms with Gasteiger partial charge in [0.2, 0.25) is 0 Å². The number of carbonyl (C=O) groups is 1. The van der Waals surface area contributed by atoms with Gasteiger partial charge in [-0.25, -0.2) is 4.39 Å². The van der Waals surface area contributed by atoms with E-state index in [1.807, 2.05) is 0 Å². The minimum Gasteiger partial charge on any atom is -0.497 e. The molecule has 9 heteroatoms. The smallest absolute Gasteiger partial charge is 0.419 e. The summed E-state index contributed by atoms with van der Waals surface area (Å²) in [5.41, 5.74) is 0.421. The number of fused-ring (bicyclic) bond motifs is 1. The van der Waals surface area contributed by atoms with Gasteiger partial charge in [0, 0.05) is 29.1 Å². The van der Waals surface area contributed by atoms with Crippen molar-refractivity contribution in [3.63, 3.8) is 0 Å². The van der Waals surface area contributed by atoms with Crippen molar-refractivity contribution < 1.29 is 31.8 Å². The van der Waals surface area contributed by atoms with E-state index in [2.05, 4.69) is 6.58 Å². The normalized spacial score (nSPS) is 13.8. The van der Waals surface area contributed by atoms with Crippen LogP contribution in [0.1, 0.15) is 21.6 Å². The SMILES string of the molecule is C=C1CN(Cc2ccc(OC)cc2OC)C(=O)c2c(-c3ccc(F)c(C(F)(F)F)c3)ccn21. The molecule has 2 aromatic carbocycles. The zero-order chi connectivity index (χ0) is 23.9. The van der Waals surface area contributed by atoms with Crippen molar-refractivity contribution in [1.82, 2.24) is 9.47 Å². The van der Waals surface area contributed by atoms with Crippen LogP contribution < -0.4 is 9.47 Å². The number of halogens is 4. The lowest BCUT2D eigenvalue weighted by Gasteiger charge is -2.31. The molecule has 5 nitrogen and oxygen atoms in total. The summed E-state index contributed by atoms with van der Waals surface area (Å²) in [4.78, 5) is 14.9. The lowest BCUT2D eigenvalue weighted by molar-refractivity contribution is -0.139. The Balaban J connectivity index is 1.73. The second-order valence-electron chi connectivity index (χ2n) is 7.55. The maximum absolute atomic E-state index is 13.8.